The van der Waals surface area contributed by atoms with Gasteiger partial charge in [-0.2, -0.15) is 0 Å². The van der Waals surface area contributed by atoms with Crippen LogP contribution in [-0.4, -0.2) is 47.5 Å². The van der Waals surface area contributed by atoms with Gasteiger partial charge in [-0.15, -0.1) is 0 Å². The number of carbonyl (C=O) groups is 1. The van der Waals surface area contributed by atoms with Gasteiger partial charge < -0.3 is 10.2 Å². The van der Waals surface area contributed by atoms with Crippen LogP contribution in [0, 0.1) is 17.7 Å². The number of likely N-dealkylation sites (tertiary alicyclic amines) is 1. The molecule has 1 aliphatic carbocycles. The van der Waals surface area contributed by atoms with Crippen LogP contribution in [-0.2, 0) is 11.2 Å². The van der Waals surface area contributed by atoms with E-state index >= 15 is 0 Å². The van der Waals surface area contributed by atoms with Crippen molar-refractivity contribution in [2.75, 3.05) is 19.6 Å². The van der Waals surface area contributed by atoms with Crippen molar-refractivity contribution in [1.29, 1.82) is 0 Å². The fourth-order valence-corrected chi connectivity index (χ4v) is 6.04. The molecular weight excluding hydrogens is 429 g/mol. The van der Waals surface area contributed by atoms with Gasteiger partial charge >= 0.3 is 0 Å². The molecule has 0 radical (unpaired) electrons. The van der Waals surface area contributed by atoms with Gasteiger partial charge in [0.05, 0.1) is 6.04 Å². The number of nitrogens with zero attached hydrogens (tertiary/aromatic N) is 2. The van der Waals surface area contributed by atoms with Crippen molar-refractivity contribution in [3.63, 3.8) is 0 Å². The first kappa shape index (κ1) is 23.4. The van der Waals surface area contributed by atoms with Gasteiger partial charge in [0.25, 0.3) is 0 Å². The molecule has 2 saturated heterocycles. The molecule has 1 aromatic heterocycles. The van der Waals surface area contributed by atoms with Crippen LogP contribution in [0.4, 0.5) is 4.39 Å². The predicted octanol–water partition coefficient (Wildman–Crippen LogP) is 3.37. The normalized spacial score (nSPS) is 29.9. The predicted molar refractivity (Wildman–Crippen MR) is 130 cm³/mol. The summed E-state index contributed by atoms with van der Waals surface area (Å²) in [6.07, 6.45) is 10.5. The number of hydrazine groups is 1. The van der Waals surface area contributed by atoms with Crippen LogP contribution in [0.2, 0.25) is 0 Å². The summed E-state index contributed by atoms with van der Waals surface area (Å²) in [4.78, 5) is 19.8. The van der Waals surface area contributed by atoms with E-state index in [1.54, 1.807) is 6.07 Å². The van der Waals surface area contributed by atoms with Gasteiger partial charge in [0, 0.05) is 43.5 Å². The number of benzene rings is 1. The maximum absolute atomic E-state index is 14.0. The van der Waals surface area contributed by atoms with E-state index in [1.807, 2.05) is 24.5 Å². The molecule has 0 bridgehead atoms. The summed E-state index contributed by atoms with van der Waals surface area (Å²) in [5.41, 5.74) is 8.91. The van der Waals surface area contributed by atoms with Gasteiger partial charge in [-0.25, -0.2) is 9.82 Å². The zero-order chi connectivity index (χ0) is 23.3. The molecule has 0 spiro atoms. The Balaban J connectivity index is 1.16. The number of rotatable bonds is 6. The Hall–Kier alpha value is -2.35. The maximum Gasteiger partial charge on any atom is 0.223 e. The first-order valence-corrected chi connectivity index (χ1v) is 12.8. The summed E-state index contributed by atoms with van der Waals surface area (Å²) in [6, 6.07) is 12.0. The monoisotopic (exact) mass is 465 g/mol. The molecule has 2 aromatic rings. The summed E-state index contributed by atoms with van der Waals surface area (Å²) >= 11 is 0. The summed E-state index contributed by atoms with van der Waals surface area (Å²) in [6.45, 7) is 2.69. The largest absolute Gasteiger partial charge is 0.352 e. The molecule has 34 heavy (non-hydrogen) atoms. The third kappa shape index (κ3) is 5.48. The van der Waals surface area contributed by atoms with E-state index in [-0.39, 0.29) is 29.7 Å². The highest BCUT2D eigenvalue weighted by Gasteiger charge is 2.42. The molecule has 5 unspecified atom stereocenters. The lowest BCUT2D eigenvalue weighted by molar-refractivity contribution is -0.127. The molecule has 3 N–H and O–H groups in total. The van der Waals surface area contributed by atoms with Crippen LogP contribution < -0.4 is 16.2 Å². The minimum Gasteiger partial charge on any atom is -0.352 e. The van der Waals surface area contributed by atoms with E-state index in [0.29, 0.717) is 18.4 Å². The summed E-state index contributed by atoms with van der Waals surface area (Å²) in [7, 11) is 0. The third-order valence-corrected chi connectivity index (χ3v) is 7.95. The molecule has 1 saturated carbocycles. The SMILES string of the molecule is O=C(NC1CCCCN(CCc2ccccc2F)C1)C1CCC2NNC(c3ccncc3)C2C1. The molecule has 5 rings (SSSR count). The average molecular weight is 466 g/mol. The summed E-state index contributed by atoms with van der Waals surface area (Å²) in [5, 5.41) is 3.40. The minimum atomic E-state index is -0.126. The Labute approximate surface area is 201 Å². The molecule has 6 nitrogen and oxygen atoms in total. The van der Waals surface area contributed by atoms with Crippen LogP contribution in [0.1, 0.15) is 55.7 Å². The number of amides is 1. The summed E-state index contributed by atoms with van der Waals surface area (Å²) in [5.74, 6) is 0.541. The quantitative estimate of drug-likeness (QED) is 0.610. The molecule has 3 fully saturated rings. The van der Waals surface area contributed by atoms with Gasteiger partial charge in [-0.05, 0) is 80.3 Å². The highest BCUT2D eigenvalue weighted by molar-refractivity contribution is 5.79. The molecule has 3 aliphatic rings. The van der Waals surface area contributed by atoms with Crippen molar-refractivity contribution in [3.05, 3.63) is 65.7 Å². The Morgan fingerprint density at radius 3 is 2.79 bits per heavy atom. The number of aromatic nitrogens is 1. The van der Waals surface area contributed by atoms with E-state index in [0.717, 1.165) is 63.7 Å². The Morgan fingerprint density at radius 2 is 1.94 bits per heavy atom. The second kappa shape index (κ2) is 10.9. The second-order valence-electron chi connectivity index (χ2n) is 10.2. The Bertz CT molecular complexity index is 957. The van der Waals surface area contributed by atoms with Gasteiger partial charge in [0.2, 0.25) is 5.91 Å². The Morgan fingerprint density at radius 1 is 1.09 bits per heavy atom. The number of nitrogens with one attached hydrogen (secondary N) is 3. The standard InChI is InChI=1S/C27H36FN5O/c28-24-7-2-1-5-19(24)12-16-33-15-4-3-6-22(18-33)30-27(34)21-8-9-25-23(17-21)26(32-31-25)20-10-13-29-14-11-20/h1-2,5,7,10-11,13-14,21-23,25-26,31-32H,3-4,6,8-9,12,15-18H2,(H,30,34). The van der Waals surface area contributed by atoms with Crippen LogP contribution >= 0.6 is 0 Å². The van der Waals surface area contributed by atoms with Gasteiger partial charge in [-0.1, -0.05) is 24.6 Å². The molecule has 3 heterocycles. The zero-order valence-corrected chi connectivity index (χ0v) is 19.8. The van der Waals surface area contributed by atoms with Crippen molar-refractivity contribution >= 4 is 5.91 Å². The van der Waals surface area contributed by atoms with Crippen molar-refractivity contribution in [1.82, 2.24) is 26.1 Å². The number of hydrogen-bond donors (Lipinski definition) is 3. The van der Waals surface area contributed by atoms with Crippen molar-refractivity contribution in [2.24, 2.45) is 11.8 Å². The highest BCUT2D eigenvalue weighted by Crippen LogP contribution is 2.40. The Kier molecular flexibility index (Phi) is 7.52. The summed E-state index contributed by atoms with van der Waals surface area (Å²) < 4.78 is 14.0. The lowest BCUT2D eigenvalue weighted by atomic mass is 9.74. The van der Waals surface area contributed by atoms with E-state index in [9.17, 15) is 9.18 Å². The highest BCUT2D eigenvalue weighted by atomic mass is 19.1. The van der Waals surface area contributed by atoms with Gasteiger partial charge in [0.1, 0.15) is 5.82 Å². The van der Waals surface area contributed by atoms with Crippen LogP contribution in [0.3, 0.4) is 0 Å². The van der Waals surface area contributed by atoms with E-state index < -0.39 is 0 Å². The number of pyridine rings is 1. The van der Waals surface area contributed by atoms with Crippen molar-refractivity contribution in [2.45, 2.75) is 63.1 Å². The van der Waals surface area contributed by atoms with Gasteiger partial charge in [0.15, 0.2) is 0 Å². The van der Waals surface area contributed by atoms with Gasteiger partial charge in [-0.3, -0.25) is 15.2 Å². The number of carbonyl (C=O) groups excluding carboxylic acids is 1. The minimum absolute atomic E-state index is 0.0578. The van der Waals surface area contributed by atoms with E-state index in [4.69, 9.17) is 0 Å². The first-order chi connectivity index (χ1) is 16.7. The molecule has 1 aromatic carbocycles. The second-order valence-corrected chi connectivity index (χ2v) is 10.2. The van der Waals surface area contributed by atoms with E-state index in [2.05, 4.69) is 38.2 Å². The maximum atomic E-state index is 14.0. The smallest absolute Gasteiger partial charge is 0.223 e. The first-order valence-electron chi connectivity index (χ1n) is 12.8. The van der Waals surface area contributed by atoms with Crippen LogP contribution in [0.25, 0.3) is 0 Å². The number of hydrogen-bond acceptors (Lipinski definition) is 5. The van der Waals surface area contributed by atoms with Crippen molar-refractivity contribution in [3.8, 4) is 0 Å². The fraction of sp³-hybridized carbons (Fsp3) is 0.556. The molecular formula is C27H36FN5O. The third-order valence-electron chi connectivity index (χ3n) is 7.95. The number of halogens is 1. The van der Waals surface area contributed by atoms with Crippen LogP contribution in [0.5, 0.6) is 0 Å². The molecule has 5 atom stereocenters. The fourth-order valence-electron chi connectivity index (χ4n) is 6.04. The number of fused-ring (bicyclic) bond motifs is 1. The molecule has 7 heteroatoms. The van der Waals surface area contributed by atoms with Crippen LogP contribution in [0.15, 0.2) is 48.8 Å². The lowest BCUT2D eigenvalue weighted by Crippen LogP contribution is -2.47. The molecule has 2 aliphatic heterocycles. The lowest BCUT2D eigenvalue weighted by Gasteiger charge is -2.34. The molecule has 1 amide bonds. The topological polar surface area (TPSA) is 69.3 Å². The molecule has 182 valence electrons. The van der Waals surface area contributed by atoms with E-state index in [1.165, 1.54) is 11.6 Å². The van der Waals surface area contributed by atoms with Crippen molar-refractivity contribution < 1.29 is 9.18 Å². The zero-order valence-electron chi connectivity index (χ0n) is 19.8. The average Bonchev–Trinajstić information content (AvgIpc) is 3.16.